The van der Waals surface area contributed by atoms with Crippen LogP contribution in [0.25, 0.3) is 6.08 Å². The van der Waals surface area contributed by atoms with E-state index in [1.54, 1.807) is 30.3 Å². The van der Waals surface area contributed by atoms with Crippen molar-refractivity contribution in [1.29, 1.82) is 0 Å². The number of thioether (sulfide) groups is 1. The molecule has 1 aliphatic heterocycles. The second-order valence-corrected chi connectivity index (χ2v) is 9.70. The monoisotopic (exact) mass is 561 g/mol. The van der Waals surface area contributed by atoms with Gasteiger partial charge in [-0.3, -0.25) is 14.5 Å². The van der Waals surface area contributed by atoms with Gasteiger partial charge in [0.1, 0.15) is 5.75 Å². The Bertz CT molecular complexity index is 1290. The fourth-order valence-corrected chi connectivity index (χ4v) is 4.63. The molecule has 0 atom stereocenters. The van der Waals surface area contributed by atoms with Crippen LogP contribution in [0.3, 0.4) is 0 Å². The van der Waals surface area contributed by atoms with Crippen molar-refractivity contribution in [3.8, 4) is 5.75 Å². The summed E-state index contributed by atoms with van der Waals surface area (Å²) >= 11 is 16.2. The van der Waals surface area contributed by atoms with E-state index >= 15 is 0 Å². The van der Waals surface area contributed by atoms with E-state index in [2.05, 4.69) is 15.9 Å². The first-order valence-corrected chi connectivity index (χ1v) is 11.9. The first-order chi connectivity index (χ1) is 15.8. The number of rotatable bonds is 5. The third-order valence-electron chi connectivity index (χ3n) is 4.69. The van der Waals surface area contributed by atoms with Crippen molar-refractivity contribution in [3.63, 3.8) is 0 Å². The molecule has 3 aromatic rings. The zero-order valence-electron chi connectivity index (χ0n) is 16.8. The van der Waals surface area contributed by atoms with Gasteiger partial charge in [-0.05, 0) is 59.8 Å². The normalized spacial score (nSPS) is 14.8. The molecule has 0 aliphatic carbocycles. The first-order valence-electron chi connectivity index (χ1n) is 9.58. The molecule has 0 N–H and O–H groups in total. The van der Waals surface area contributed by atoms with Gasteiger partial charge in [0, 0.05) is 15.1 Å². The van der Waals surface area contributed by atoms with Crippen molar-refractivity contribution in [3.05, 3.63) is 103 Å². The van der Waals surface area contributed by atoms with Crippen molar-refractivity contribution in [2.45, 2.75) is 6.54 Å². The number of benzene rings is 3. The fourth-order valence-electron chi connectivity index (χ4n) is 3.05. The summed E-state index contributed by atoms with van der Waals surface area (Å²) in [5, 5.41) is 0.200. The molecule has 0 radical (unpaired) electrons. The molecule has 33 heavy (non-hydrogen) atoms. The highest BCUT2D eigenvalue weighted by molar-refractivity contribution is 9.10. The largest absolute Gasteiger partial charge is 0.422 e. The molecule has 1 fully saturated rings. The van der Waals surface area contributed by atoms with Crippen LogP contribution in [-0.4, -0.2) is 22.0 Å². The third-order valence-corrected chi connectivity index (χ3v) is 6.67. The molecule has 2 amide bonds. The van der Waals surface area contributed by atoms with Crippen LogP contribution in [0.2, 0.25) is 10.0 Å². The maximum atomic E-state index is 12.9. The average molecular weight is 563 g/mol. The molecule has 9 heteroatoms. The molecule has 166 valence electrons. The van der Waals surface area contributed by atoms with Gasteiger partial charge in [-0.1, -0.05) is 69.5 Å². The van der Waals surface area contributed by atoms with Crippen LogP contribution in [-0.2, 0) is 11.3 Å². The summed E-state index contributed by atoms with van der Waals surface area (Å²) in [4.78, 5) is 39.4. The Labute approximate surface area is 212 Å². The maximum absolute atomic E-state index is 12.9. The minimum atomic E-state index is -0.666. The quantitative estimate of drug-likeness (QED) is 0.187. The summed E-state index contributed by atoms with van der Waals surface area (Å²) in [5.41, 5.74) is 1.46. The Morgan fingerprint density at radius 1 is 1.03 bits per heavy atom. The number of hydrogen-bond donors (Lipinski definition) is 0. The van der Waals surface area contributed by atoms with Crippen LogP contribution in [0.1, 0.15) is 21.5 Å². The van der Waals surface area contributed by atoms with Crippen LogP contribution in [0.4, 0.5) is 4.79 Å². The summed E-state index contributed by atoms with van der Waals surface area (Å²) in [7, 11) is 0. The van der Waals surface area contributed by atoms with Crippen LogP contribution < -0.4 is 4.74 Å². The minimum absolute atomic E-state index is 0.158. The van der Waals surface area contributed by atoms with Gasteiger partial charge in [-0.25, -0.2) is 4.79 Å². The number of amides is 2. The van der Waals surface area contributed by atoms with Crippen molar-refractivity contribution in [1.82, 2.24) is 4.90 Å². The summed E-state index contributed by atoms with van der Waals surface area (Å²) in [6.07, 6.45) is 1.54. The minimum Gasteiger partial charge on any atom is -0.422 e. The zero-order chi connectivity index (χ0) is 23.5. The van der Waals surface area contributed by atoms with Crippen molar-refractivity contribution in [2.75, 3.05) is 0 Å². The SMILES string of the molecule is O=C(Oc1ccccc1/C=C1\SC(=O)N(Cc2ccc(Br)cc2)C1=O)c1ccc(Cl)cc1Cl. The summed E-state index contributed by atoms with van der Waals surface area (Å²) in [6.45, 7) is 0.168. The summed E-state index contributed by atoms with van der Waals surface area (Å²) in [5.74, 6) is -0.844. The van der Waals surface area contributed by atoms with E-state index in [1.807, 2.05) is 24.3 Å². The van der Waals surface area contributed by atoms with E-state index < -0.39 is 11.9 Å². The molecule has 1 heterocycles. The molecule has 3 aromatic carbocycles. The third kappa shape index (κ3) is 5.50. The maximum Gasteiger partial charge on any atom is 0.345 e. The van der Waals surface area contributed by atoms with E-state index in [0.717, 1.165) is 21.8 Å². The number of ether oxygens (including phenoxy) is 1. The second kappa shape index (κ2) is 10.1. The first kappa shape index (κ1) is 23.6. The standard InChI is InChI=1S/C24H14BrCl2NO4S/c25-16-7-5-14(6-8-16)13-28-22(29)21(33-24(28)31)11-15-3-1-2-4-20(15)32-23(30)18-10-9-17(26)12-19(18)27/h1-12H,13H2/b21-11-. The van der Waals surface area contributed by atoms with E-state index in [1.165, 1.54) is 23.1 Å². The summed E-state index contributed by atoms with van der Waals surface area (Å²) < 4.78 is 6.43. The van der Waals surface area contributed by atoms with Gasteiger partial charge in [0.05, 0.1) is 22.0 Å². The number of halogens is 3. The Morgan fingerprint density at radius 3 is 2.48 bits per heavy atom. The van der Waals surface area contributed by atoms with Crippen LogP contribution in [0.5, 0.6) is 5.75 Å². The molecule has 0 saturated carbocycles. The average Bonchev–Trinajstić information content (AvgIpc) is 3.04. The smallest absolute Gasteiger partial charge is 0.345 e. The molecule has 0 unspecified atom stereocenters. The van der Waals surface area contributed by atoms with Crippen molar-refractivity contribution >= 4 is 74.1 Å². The lowest BCUT2D eigenvalue weighted by molar-refractivity contribution is -0.123. The second-order valence-electron chi connectivity index (χ2n) is 6.95. The van der Waals surface area contributed by atoms with Gasteiger partial charge in [0.2, 0.25) is 0 Å². The Kier molecular flexibility index (Phi) is 7.24. The van der Waals surface area contributed by atoms with Gasteiger partial charge < -0.3 is 4.74 Å². The molecule has 4 rings (SSSR count). The van der Waals surface area contributed by atoms with Crippen LogP contribution in [0.15, 0.2) is 76.1 Å². The van der Waals surface area contributed by atoms with E-state index in [4.69, 9.17) is 27.9 Å². The van der Waals surface area contributed by atoms with Gasteiger partial charge in [0.25, 0.3) is 11.1 Å². The number of carbonyl (C=O) groups is 3. The number of carbonyl (C=O) groups excluding carboxylic acids is 3. The molecule has 5 nitrogen and oxygen atoms in total. The van der Waals surface area contributed by atoms with E-state index in [-0.39, 0.29) is 33.0 Å². The molecule has 0 bridgehead atoms. The fraction of sp³-hybridized carbons (Fsp3) is 0.0417. The molecule has 1 saturated heterocycles. The predicted molar refractivity (Wildman–Crippen MR) is 134 cm³/mol. The van der Waals surface area contributed by atoms with Gasteiger partial charge >= 0.3 is 5.97 Å². The van der Waals surface area contributed by atoms with Crippen LogP contribution in [0, 0.1) is 0 Å². The lowest BCUT2D eigenvalue weighted by atomic mass is 10.1. The Morgan fingerprint density at radius 2 is 1.76 bits per heavy atom. The lowest BCUT2D eigenvalue weighted by Gasteiger charge is -2.12. The molecular formula is C24H14BrCl2NO4S. The Hall–Kier alpha value is -2.58. The Balaban J connectivity index is 1.56. The topological polar surface area (TPSA) is 63.7 Å². The van der Waals surface area contributed by atoms with Crippen LogP contribution >= 0.6 is 50.9 Å². The molecule has 0 spiro atoms. The molecule has 0 aromatic heterocycles. The predicted octanol–water partition coefficient (Wildman–Crippen LogP) is 7.21. The van der Waals surface area contributed by atoms with Crippen molar-refractivity contribution in [2.24, 2.45) is 0 Å². The highest BCUT2D eigenvalue weighted by Crippen LogP contribution is 2.35. The zero-order valence-corrected chi connectivity index (χ0v) is 20.7. The lowest BCUT2D eigenvalue weighted by Crippen LogP contribution is -2.27. The van der Waals surface area contributed by atoms with Crippen molar-refractivity contribution < 1.29 is 19.1 Å². The molecular weight excluding hydrogens is 549 g/mol. The number of para-hydroxylation sites is 1. The van der Waals surface area contributed by atoms with E-state index in [0.29, 0.717) is 10.6 Å². The molecule has 1 aliphatic rings. The number of hydrogen-bond acceptors (Lipinski definition) is 5. The van der Waals surface area contributed by atoms with Gasteiger partial charge in [-0.15, -0.1) is 0 Å². The number of nitrogens with zero attached hydrogens (tertiary/aromatic N) is 1. The van der Waals surface area contributed by atoms with E-state index in [9.17, 15) is 14.4 Å². The highest BCUT2D eigenvalue weighted by atomic mass is 79.9. The van der Waals surface area contributed by atoms with Gasteiger partial charge in [-0.2, -0.15) is 0 Å². The highest BCUT2D eigenvalue weighted by Gasteiger charge is 2.35. The summed E-state index contributed by atoms with van der Waals surface area (Å²) in [6, 6.07) is 18.6. The number of esters is 1. The van der Waals surface area contributed by atoms with Gasteiger partial charge in [0.15, 0.2) is 0 Å². The number of imide groups is 1.